The first-order chi connectivity index (χ1) is 11.1. The molecule has 2 aromatic rings. The molecule has 1 amide bonds. The Labute approximate surface area is 133 Å². The molecular weight excluding hydrogens is 294 g/mol. The first kappa shape index (κ1) is 16.1. The van der Waals surface area contributed by atoms with Crippen molar-refractivity contribution >= 4 is 23.9 Å². The van der Waals surface area contributed by atoms with Gasteiger partial charge in [0.15, 0.2) is 0 Å². The monoisotopic (exact) mass is 309 g/mol. The molecule has 0 saturated carbocycles. The molecule has 116 valence electrons. The van der Waals surface area contributed by atoms with Crippen LogP contribution >= 0.6 is 0 Å². The molecule has 0 atom stereocenters. The second-order valence-electron chi connectivity index (χ2n) is 4.69. The summed E-state index contributed by atoms with van der Waals surface area (Å²) in [4.78, 5) is 21.9. The van der Waals surface area contributed by atoms with Crippen molar-refractivity contribution in [2.45, 2.75) is 6.42 Å². The lowest BCUT2D eigenvalue weighted by Crippen LogP contribution is -2.19. The summed E-state index contributed by atoms with van der Waals surface area (Å²) in [5.74, 6) is -0.212. The molecule has 0 aliphatic carbocycles. The number of hydrogen-bond donors (Lipinski definition) is 1. The van der Waals surface area contributed by atoms with Crippen LogP contribution in [0.4, 0.5) is 5.69 Å². The number of nitrogens with zero attached hydrogens (tertiary/aromatic N) is 2. The highest BCUT2D eigenvalue weighted by Gasteiger charge is 2.03. The van der Waals surface area contributed by atoms with Crippen LogP contribution < -0.4 is 5.43 Å². The van der Waals surface area contributed by atoms with Gasteiger partial charge < -0.3 is 0 Å². The van der Waals surface area contributed by atoms with Crippen molar-refractivity contribution in [2.24, 2.45) is 5.10 Å². The number of carbonyl (C=O) groups is 1. The number of allylic oxidation sites excluding steroid dienone is 1. The molecule has 6 heteroatoms. The van der Waals surface area contributed by atoms with Crippen molar-refractivity contribution in [3.8, 4) is 0 Å². The first-order valence-corrected chi connectivity index (χ1v) is 6.92. The van der Waals surface area contributed by atoms with E-state index in [9.17, 15) is 14.9 Å². The smallest absolute Gasteiger partial charge is 0.270 e. The van der Waals surface area contributed by atoms with Gasteiger partial charge in [0, 0.05) is 18.3 Å². The highest BCUT2D eigenvalue weighted by molar-refractivity contribution is 5.82. The molecule has 0 unspecified atom stereocenters. The number of nitro benzene ring substituents is 1. The van der Waals surface area contributed by atoms with Crippen LogP contribution in [0.1, 0.15) is 11.1 Å². The number of carbonyl (C=O) groups excluding carboxylic acids is 1. The van der Waals surface area contributed by atoms with Crippen molar-refractivity contribution in [1.29, 1.82) is 0 Å². The summed E-state index contributed by atoms with van der Waals surface area (Å²) in [7, 11) is 0. The number of rotatable bonds is 6. The molecule has 0 aliphatic heterocycles. The lowest BCUT2D eigenvalue weighted by molar-refractivity contribution is -0.384. The van der Waals surface area contributed by atoms with Crippen LogP contribution in [-0.2, 0) is 11.2 Å². The third-order valence-corrected chi connectivity index (χ3v) is 2.93. The molecule has 0 saturated heterocycles. The Bertz CT molecular complexity index is 740. The Morgan fingerprint density at radius 3 is 2.70 bits per heavy atom. The minimum absolute atomic E-state index is 0.0280. The van der Waals surface area contributed by atoms with Crippen molar-refractivity contribution in [3.63, 3.8) is 0 Å². The summed E-state index contributed by atoms with van der Waals surface area (Å²) >= 11 is 0. The van der Waals surface area contributed by atoms with Crippen LogP contribution in [0.2, 0.25) is 0 Å². The molecule has 2 rings (SSSR count). The van der Waals surface area contributed by atoms with Gasteiger partial charge in [0.1, 0.15) is 0 Å². The maximum absolute atomic E-state index is 11.6. The predicted molar refractivity (Wildman–Crippen MR) is 88.9 cm³/mol. The normalized spacial score (nSPS) is 11.0. The molecule has 0 radical (unpaired) electrons. The Kier molecular flexibility index (Phi) is 5.76. The quantitative estimate of drug-likeness (QED) is 0.506. The van der Waals surface area contributed by atoms with Crippen molar-refractivity contribution in [1.82, 2.24) is 5.43 Å². The topological polar surface area (TPSA) is 84.6 Å². The van der Waals surface area contributed by atoms with Gasteiger partial charge in [-0.1, -0.05) is 48.5 Å². The van der Waals surface area contributed by atoms with Crippen LogP contribution in [0.15, 0.2) is 65.8 Å². The molecule has 0 heterocycles. The summed E-state index contributed by atoms with van der Waals surface area (Å²) in [6.45, 7) is 0. The Hall–Kier alpha value is -3.28. The average molecular weight is 309 g/mol. The number of benzene rings is 2. The van der Waals surface area contributed by atoms with Crippen LogP contribution in [0, 0.1) is 10.1 Å². The van der Waals surface area contributed by atoms with Gasteiger partial charge in [-0.25, -0.2) is 5.43 Å². The summed E-state index contributed by atoms with van der Waals surface area (Å²) in [5.41, 5.74) is 4.04. The number of hydrazone groups is 1. The van der Waals surface area contributed by atoms with Crippen molar-refractivity contribution in [2.75, 3.05) is 0 Å². The highest BCUT2D eigenvalue weighted by atomic mass is 16.6. The summed E-state index contributed by atoms with van der Waals surface area (Å²) in [6.07, 6.45) is 4.94. The van der Waals surface area contributed by atoms with Crippen LogP contribution in [0.3, 0.4) is 0 Å². The summed E-state index contributed by atoms with van der Waals surface area (Å²) in [5, 5.41) is 14.5. The lowest BCUT2D eigenvalue weighted by atomic mass is 10.1. The zero-order valence-corrected chi connectivity index (χ0v) is 12.3. The number of nitrogens with one attached hydrogen (secondary N) is 1. The molecule has 6 nitrogen and oxygen atoms in total. The van der Waals surface area contributed by atoms with Crippen LogP contribution in [0.25, 0.3) is 6.08 Å². The van der Waals surface area contributed by atoms with E-state index in [1.165, 1.54) is 18.3 Å². The van der Waals surface area contributed by atoms with E-state index >= 15 is 0 Å². The molecule has 2 aromatic carbocycles. The van der Waals surface area contributed by atoms with E-state index < -0.39 is 4.92 Å². The maximum atomic E-state index is 11.6. The van der Waals surface area contributed by atoms with E-state index in [-0.39, 0.29) is 18.0 Å². The molecule has 23 heavy (non-hydrogen) atoms. The fraction of sp³-hybridized carbons (Fsp3) is 0.0588. The Morgan fingerprint density at radius 1 is 1.17 bits per heavy atom. The molecule has 0 aliphatic rings. The summed E-state index contributed by atoms with van der Waals surface area (Å²) in [6, 6.07) is 15.6. The Balaban J connectivity index is 1.83. The second-order valence-corrected chi connectivity index (χ2v) is 4.69. The number of non-ortho nitro benzene ring substituents is 1. The van der Waals surface area contributed by atoms with E-state index in [2.05, 4.69) is 10.5 Å². The molecular formula is C17H15N3O3. The molecule has 0 fully saturated rings. The predicted octanol–water partition coefficient (Wildman–Crippen LogP) is 2.95. The minimum atomic E-state index is -0.449. The molecule has 0 aromatic heterocycles. The van der Waals surface area contributed by atoms with Crippen molar-refractivity contribution < 1.29 is 9.72 Å². The number of nitro groups is 1. The van der Waals surface area contributed by atoms with Crippen molar-refractivity contribution in [3.05, 3.63) is 81.9 Å². The van der Waals surface area contributed by atoms with Gasteiger partial charge in [0.25, 0.3) is 5.69 Å². The van der Waals surface area contributed by atoms with Gasteiger partial charge in [-0.15, -0.1) is 0 Å². The Morgan fingerprint density at radius 2 is 1.96 bits per heavy atom. The van der Waals surface area contributed by atoms with E-state index in [1.54, 1.807) is 24.3 Å². The zero-order chi connectivity index (χ0) is 16.5. The third kappa shape index (κ3) is 5.55. The van der Waals surface area contributed by atoms with E-state index in [4.69, 9.17) is 0 Å². The van der Waals surface area contributed by atoms with E-state index in [0.29, 0.717) is 5.56 Å². The number of hydrogen-bond acceptors (Lipinski definition) is 4. The largest absolute Gasteiger partial charge is 0.273 e. The maximum Gasteiger partial charge on any atom is 0.270 e. The van der Waals surface area contributed by atoms with Gasteiger partial charge in [0.05, 0.1) is 11.3 Å². The fourth-order valence-corrected chi connectivity index (χ4v) is 1.87. The van der Waals surface area contributed by atoms with Gasteiger partial charge in [-0.2, -0.15) is 5.10 Å². The standard InChI is InChI=1S/C17H15N3O3/c21-17(13-15-6-2-1-3-7-15)19-18-11-5-9-14-8-4-10-16(12-14)20(22)23/h1-12H,13H2,(H,19,21)/b9-5+,18-11+. The SMILES string of the molecule is O=C(Cc1ccccc1)N/N=C/C=C/c1cccc([N+](=O)[O-])c1. The second kappa shape index (κ2) is 8.23. The highest BCUT2D eigenvalue weighted by Crippen LogP contribution is 2.13. The van der Waals surface area contributed by atoms with Gasteiger partial charge >= 0.3 is 0 Å². The average Bonchev–Trinajstić information content (AvgIpc) is 2.55. The van der Waals surface area contributed by atoms with E-state index in [0.717, 1.165) is 5.56 Å². The third-order valence-electron chi connectivity index (χ3n) is 2.93. The van der Waals surface area contributed by atoms with Crippen LogP contribution in [0.5, 0.6) is 0 Å². The zero-order valence-electron chi connectivity index (χ0n) is 12.3. The minimum Gasteiger partial charge on any atom is -0.273 e. The van der Waals surface area contributed by atoms with Gasteiger partial charge in [-0.3, -0.25) is 14.9 Å². The number of amides is 1. The first-order valence-electron chi connectivity index (χ1n) is 6.92. The lowest BCUT2D eigenvalue weighted by Gasteiger charge is -1.99. The molecule has 1 N–H and O–H groups in total. The van der Waals surface area contributed by atoms with Gasteiger partial charge in [-0.05, 0) is 17.2 Å². The van der Waals surface area contributed by atoms with Gasteiger partial charge in [0.2, 0.25) is 5.91 Å². The van der Waals surface area contributed by atoms with Crippen LogP contribution in [-0.4, -0.2) is 17.0 Å². The fourth-order valence-electron chi connectivity index (χ4n) is 1.87. The molecule has 0 bridgehead atoms. The summed E-state index contributed by atoms with van der Waals surface area (Å²) < 4.78 is 0. The van der Waals surface area contributed by atoms with E-state index in [1.807, 2.05) is 30.3 Å². The molecule has 0 spiro atoms.